The standard InChI is InChI=1S/C19H19F3N4O2S/c20-14-1-4-16(5-2-14)24-9-11-25(12-10-24)19-23-7-8-26(19)29(27,28)18-13-15(21)3-6-17(18)22/h1-6,13H,7-12H2. The van der Waals surface area contributed by atoms with E-state index in [-0.39, 0.29) is 24.9 Å². The highest BCUT2D eigenvalue weighted by Gasteiger charge is 2.36. The summed E-state index contributed by atoms with van der Waals surface area (Å²) in [6.45, 7) is 2.50. The Morgan fingerprint density at radius 3 is 2.10 bits per heavy atom. The Bertz CT molecular complexity index is 1040. The highest BCUT2D eigenvalue weighted by molar-refractivity contribution is 7.89. The molecule has 0 aromatic heterocycles. The van der Waals surface area contributed by atoms with Gasteiger partial charge in [-0.15, -0.1) is 0 Å². The van der Waals surface area contributed by atoms with Gasteiger partial charge in [-0.1, -0.05) is 0 Å². The van der Waals surface area contributed by atoms with E-state index in [0.717, 1.165) is 22.1 Å². The molecule has 6 nitrogen and oxygen atoms in total. The lowest BCUT2D eigenvalue weighted by Crippen LogP contribution is -2.53. The van der Waals surface area contributed by atoms with Crippen molar-refractivity contribution in [3.63, 3.8) is 0 Å². The van der Waals surface area contributed by atoms with Crippen LogP contribution in [0.5, 0.6) is 0 Å². The van der Waals surface area contributed by atoms with Crippen LogP contribution in [0.25, 0.3) is 0 Å². The first kappa shape index (κ1) is 19.6. The van der Waals surface area contributed by atoms with Crippen LogP contribution in [0.1, 0.15) is 0 Å². The molecule has 0 atom stereocenters. The lowest BCUT2D eigenvalue weighted by Gasteiger charge is -2.38. The first-order valence-electron chi connectivity index (χ1n) is 9.14. The Labute approximate surface area is 166 Å². The van der Waals surface area contributed by atoms with E-state index < -0.39 is 26.6 Å². The van der Waals surface area contributed by atoms with Gasteiger partial charge >= 0.3 is 0 Å². The highest BCUT2D eigenvalue weighted by atomic mass is 32.2. The largest absolute Gasteiger partial charge is 0.368 e. The van der Waals surface area contributed by atoms with Crippen molar-refractivity contribution in [2.45, 2.75) is 4.90 Å². The van der Waals surface area contributed by atoms with Gasteiger partial charge in [0.1, 0.15) is 22.3 Å². The molecule has 4 rings (SSSR count). The number of aliphatic imine (C=N–C) groups is 1. The summed E-state index contributed by atoms with van der Waals surface area (Å²) in [5.41, 5.74) is 0.880. The number of benzene rings is 2. The van der Waals surface area contributed by atoms with E-state index in [0.29, 0.717) is 32.2 Å². The number of guanidine groups is 1. The summed E-state index contributed by atoms with van der Waals surface area (Å²) < 4.78 is 67.7. The van der Waals surface area contributed by atoms with Crippen LogP contribution in [-0.4, -0.2) is 62.9 Å². The molecule has 0 bridgehead atoms. The molecule has 2 aliphatic heterocycles. The van der Waals surface area contributed by atoms with Crippen molar-refractivity contribution in [3.05, 3.63) is 59.9 Å². The number of hydrogen-bond acceptors (Lipinski definition) is 5. The minimum Gasteiger partial charge on any atom is -0.368 e. The molecular formula is C19H19F3N4O2S. The molecule has 2 heterocycles. The van der Waals surface area contributed by atoms with Gasteiger partial charge in [-0.05, 0) is 42.5 Å². The molecule has 0 radical (unpaired) electrons. The second kappa shape index (κ2) is 7.58. The van der Waals surface area contributed by atoms with Crippen LogP contribution in [0.4, 0.5) is 18.9 Å². The fourth-order valence-corrected chi connectivity index (χ4v) is 5.04. The van der Waals surface area contributed by atoms with Crippen LogP contribution >= 0.6 is 0 Å². The summed E-state index contributed by atoms with van der Waals surface area (Å²) in [5.74, 6) is -1.89. The molecule has 0 saturated carbocycles. The van der Waals surface area contributed by atoms with Gasteiger partial charge in [-0.3, -0.25) is 4.99 Å². The van der Waals surface area contributed by atoms with Crippen molar-refractivity contribution in [1.29, 1.82) is 0 Å². The van der Waals surface area contributed by atoms with Crippen LogP contribution in [-0.2, 0) is 10.0 Å². The van der Waals surface area contributed by atoms with Gasteiger partial charge < -0.3 is 9.80 Å². The third-order valence-electron chi connectivity index (χ3n) is 4.99. The van der Waals surface area contributed by atoms with Crippen molar-refractivity contribution < 1.29 is 21.6 Å². The molecule has 0 unspecified atom stereocenters. The maximum absolute atomic E-state index is 14.1. The number of hydrogen-bond donors (Lipinski definition) is 0. The summed E-state index contributed by atoms with van der Waals surface area (Å²) >= 11 is 0. The third kappa shape index (κ3) is 3.76. The Kier molecular flexibility index (Phi) is 5.12. The van der Waals surface area contributed by atoms with E-state index in [4.69, 9.17) is 0 Å². The average molecular weight is 424 g/mol. The quantitative estimate of drug-likeness (QED) is 0.759. The number of halogens is 3. The predicted molar refractivity (Wildman–Crippen MR) is 103 cm³/mol. The normalized spacial score (nSPS) is 17.6. The fraction of sp³-hybridized carbons (Fsp3) is 0.316. The molecule has 2 aromatic rings. The second-order valence-electron chi connectivity index (χ2n) is 6.78. The monoisotopic (exact) mass is 424 g/mol. The minimum absolute atomic E-state index is 0.0752. The van der Waals surface area contributed by atoms with Crippen LogP contribution in [0.15, 0.2) is 52.4 Å². The maximum Gasteiger partial charge on any atom is 0.269 e. The Balaban J connectivity index is 1.51. The predicted octanol–water partition coefficient (Wildman–Crippen LogP) is 2.29. The number of nitrogens with zero attached hydrogens (tertiary/aromatic N) is 4. The molecular weight excluding hydrogens is 405 g/mol. The Morgan fingerprint density at radius 1 is 0.793 bits per heavy atom. The van der Waals surface area contributed by atoms with Gasteiger partial charge in [0.05, 0.1) is 13.1 Å². The molecule has 2 aliphatic rings. The molecule has 10 heteroatoms. The van der Waals surface area contributed by atoms with Gasteiger partial charge in [-0.2, -0.15) is 0 Å². The maximum atomic E-state index is 14.1. The topological polar surface area (TPSA) is 56.2 Å². The molecule has 0 N–H and O–H groups in total. The number of sulfonamides is 1. The average Bonchev–Trinajstić information content (AvgIpc) is 3.21. The van der Waals surface area contributed by atoms with Gasteiger partial charge in [0.15, 0.2) is 0 Å². The zero-order valence-corrected chi connectivity index (χ0v) is 16.2. The van der Waals surface area contributed by atoms with Crippen molar-refractivity contribution in [1.82, 2.24) is 9.21 Å². The lowest BCUT2D eigenvalue weighted by molar-refractivity contribution is 0.358. The summed E-state index contributed by atoms with van der Waals surface area (Å²) in [6, 6.07) is 8.55. The van der Waals surface area contributed by atoms with Crippen LogP contribution in [0.3, 0.4) is 0 Å². The summed E-state index contributed by atoms with van der Waals surface area (Å²) in [7, 11) is -4.27. The molecule has 1 saturated heterocycles. The van der Waals surface area contributed by atoms with Crippen LogP contribution < -0.4 is 4.90 Å². The van der Waals surface area contributed by atoms with Crippen LogP contribution in [0.2, 0.25) is 0 Å². The van der Waals surface area contributed by atoms with E-state index in [1.54, 1.807) is 12.1 Å². The minimum atomic E-state index is -4.27. The SMILES string of the molecule is O=S(=O)(c1cc(F)ccc1F)N1CCN=C1N1CCN(c2ccc(F)cc2)CC1. The molecule has 0 aliphatic carbocycles. The van der Waals surface area contributed by atoms with E-state index >= 15 is 0 Å². The Morgan fingerprint density at radius 2 is 1.41 bits per heavy atom. The van der Waals surface area contributed by atoms with Crippen molar-refractivity contribution in [2.75, 3.05) is 44.2 Å². The number of anilines is 1. The van der Waals surface area contributed by atoms with Gasteiger partial charge in [0, 0.05) is 31.9 Å². The molecule has 29 heavy (non-hydrogen) atoms. The molecule has 1 fully saturated rings. The van der Waals surface area contributed by atoms with E-state index in [1.807, 2.05) is 4.90 Å². The zero-order chi connectivity index (χ0) is 20.6. The van der Waals surface area contributed by atoms with E-state index in [2.05, 4.69) is 9.89 Å². The number of piperazine rings is 1. The summed E-state index contributed by atoms with van der Waals surface area (Å²) in [5, 5.41) is 0. The molecule has 0 spiro atoms. The first-order valence-corrected chi connectivity index (χ1v) is 10.6. The zero-order valence-electron chi connectivity index (χ0n) is 15.4. The Hall–Kier alpha value is -2.75. The number of rotatable bonds is 3. The van der Waals surface area contributed by atoms with Crippen molar-refractivity contribution in [2.24, 2.45) is 4.99 Å². The van der Waals surface area contributed by atoms with Crippen LogP contribution in [0, 0.1) is 17.5 Å². The second-order valence-corrected chi connectivity index (χ2v) is 8.61. The lowest BCUT2D eigenvalue weighted by atomic mass is 10.2. The highest BCUT2D eigenvalue weighted by Crippen LogP contribution is 2.25. The van der Waals surface area contributed by atoms with Crippen molar-refractivity contribution in [3.8, 4) is 0 Å². The molecule has 2 aromatic carbocycles. The molecule has 154 valence electrons. The fourth-order valence-electron chi connectivity index (χ4n) is 3.52. The summed E-state index contributed by atoms with van der Waals surface area (Å²) in [4.78, 5) is 7.49. The van der Waals surface area contributed by atoms with E-state index in [1.165, 1.54) is 12.1 Å². The van der Waals surface area contributed by atoms with Gasteiger partial charge in [0.25, 0.3) is 10.0 Å². The van der Waals surface area contributed by atoms with Crippen molar-refractivity contribution >= 4 is 21.7 Å². The van der Waals surface area contributed by atoms with E-state index in [9.17, 15) is 21.6 Å². The van der Waals surface area contributed by atoms with Gasteiger partial charge in [-0.25, -0.2) is 25.9 Å². The smallest absolute Gasteiger partial charge is 0.269 e. The summed E-state index contributed by atoms with van der Waals surface area (Å²) in [6.07, 6.45) is 0. The van der Waals surface area contributed by atoms with Gasteiger partial charge in [0.2, 0.25) is 5.96 Å². The first-order chi connectivity index (χ1) is 13.9. The molecule has 0 amide bonds. The third-order valence-corrected chi connectivity index (χ3v) is 6.79.